The molecule has 0 radical (unpaired) electrons. The molecule has 2 rings (SSSR count). The highest BCUT2D eigenvalue weighted by atomic mass is 35.5. The van der Waals surface area contributed by atoms with Crippen LogP contribution in [0.2, 0.25) is 10.0 Å². The fourth-order valence-corrected chi connectivity index (χ4v) is 2.61. The first-order chi connectivity index (χ1) is 10.2. The number of halogens is 2. The second kappa shape index (κ2) is 7.53. The Morgan fingerprint density at radius 3 is 2.33 bits per heavy atom. The maximum atomic E-state index is 6.25. The Bertz CT molecular complexity index is 588. The average Bonchev–Trinajstić information content (AvgIpc) is 2.50. The summed E-state index contributed by atoms with van der Waals surface area (Å²) >= 11 is 12.4. The molecule has 1 aromatic carbocycles. The first-order valence-corrected chi connectivity index (χ1v) is 7.82. The molecule has 21 heavy (non-hydrogen) atoms. The topological polar surface area (TPSA) is 37.0 Å². The zero-order chi connectivity index (χ0) is 15.2. The zero-order valence-corrected chi connectivity index (χ0v) is 13.7. The monoisotopic (exact) mass is 323 g/mol. The Morgan fingerprint density at radius 1 is 1.05 bits per heavy atom. The fourth-order valence-electron chi connectivity index (χ4n) is 2.13. The van der Waals surface area contributed by atoms with Crippen LogP contribution in [-0.2, 0) is 0 Å². The molecule has 1 aromatic heterocycles. The van der Waals surface area contributed by atoms with Gasteiger partial charge >= 0.3 is 0 Å². The Kier molecular flexibility index (Phi) is 5.71. The van der Waals surface area contributed by atoms with Gasteiger partial charge in [-0.1, -0.05) is 60.5 Å². The highest BCUT2D eigenvalue weighted by molar-refractivity contribution is 6.37. The van der Waals surface area contributed by atoms with Crippen molar-refractivity contribution in [2.24, 2.45) is 0 Å². The molecule has 0 amide bonds. The van der Waals surface area contributed by atoms with Crippen LogP contribution in [0.4, 0.5) is 11.6 Å². The Morgan fingerprint density at radius 2 is 1.71 bits per heavy atom. The predicted octanol–water partition coefficient (Wildman–Crippen LogP) is 5.38. The van der Waals surface area contributed by atoms with Gasteiger partial charge in [0.15, 0.2) is 0 Å². The summed E-state index contributed by atoms with van der Waals surface area (Å²) < 4.78 is 0. The Labute approximate surface area is 135 Å². The van der Waals surface area contributed by atoms with E-state index in [9.17, 15) is 0 Å². The maximum Gasteiger partial charge on any atom is 0.147 e. The van der Waals surface area contributed by atoms with Gasteiger partial charge < -0.3 is 10.6 Å². The molecule has 1 unspecified atom stereocenters. The summed E-state index contributed by atoms with van der Waals surface area (Å²) in [6.45, 7) is 4.88. The van der Waals surface area contributed by atoms with Gasteiger partial charge in [0.2, 0.25) is 0 Å². The lowest BCUT2D eigenvalue weighted by Gasteiger charge is -2.20. The second-order valence-corrected chi connectivity index (χ2v) is 5.51. The molecular formula is C16H19Cl2N3. The zero-order valence-electron chi connectivity index (χ0n) is 12.2. The highest BCUT2D eigenvalue weighted by Gasteiger charge is 2.14. The van der Waals surface area contributed by atoms with Gasteiger partial charge in [0, 0.05) is 6.54 Å². The third-order valence-electron chi connectivity index (χ3n) is 3.19. The van der Waals surface area contributed by atoms with E-state index in [4.69, 9.17) is 23.2 Å². The number of benzene rings is 1. The Hall–Kier alpha value is -1.45. The number of hydrogen-bond donors (Lipinski definition) is 2. The summed E-state index contributed by atoms with van der Waals surface area (Å²) in [4.78, 5) is 4.49. The molecule has 5 heteroatoms. The van der Waals surface area contributed by atoms with E-state index in [1.54, 1.807) is 6.07 Å². The van der Waals surface area contributed by atoms with Crippen molar-refractivity contribution in [3.05, 3.63) is 52.0 Å². The third kappa shape index (κ3) is 4.02. The number of nitrogens with one attached hydrogen (secondary N) is 2. The fraction of sp³-hybridized carbons (Fsp3) is 0.312. The van der Waals surface area contributed by atoms with Crippen molar-refractivity contribution >= 4 is 34.8 Å². The second-order valence-electron chi connectivity index (χ2n) is 4.70. The lowest BCUT2D eigenvalue weighted by atomic mass is 10.0. The summed E-state index contributed by atoms with van der Waals surface area (Å²) in [6.07, 6.45) is 0.932. The van der Waals surface area contributed by atoms with Gasteiger partial charge in [-0.05, 0) is 25.0 Å². The van der Waals surface area contributed by atoms with Crippen LogP contribution in [0, 0.1) is 0 Å². The van der Waals surface area contributed by atoms with E-state index in [1.165, 1.54) is 5.56 Å². The van der Waals surface area contributed by atoms with Crippen molar-refractivity contribution in [2.45, 2.75) is 26.3 Å². The maximum absolute atomic E-state index is 6.25. The molecule has 0 fully saturated rings. The van der Waals surface area contributed by atoms with Gasteiger partial charge in [-0.25, -0.2) is 4.98 Å². The molecule has 112 valence electrons. The molecule has 0 aliphatic rings. The van der Waals surface area contributed by atoms with Crippen LogP contribution in [0.15, 0.2) is 36.4 Å². The molecule has 0 aliphatic carbocycles. The first-order valence-electron chi connectivity index (χ1n) is 7.07. The van der Waals surface area contributed by atoms with Crippen LogP contribution >= 0.6 is 23.2 Å². The van der Waals surface area contributed by atoms with Crippen molar-refractivity contribution in [1.29, 1.82) is 0 Å². The SMILES string of the molecule is CCNc1nc(NC(CC)c2ccccc2)c(Cl)cc1Cl. The molecule has 0 aliphatic heterocycles. The molecule has 1 heterocycles. The molecule has 1 atom stereocenters. The molecular weight excluding hydrogens is 305 g/mol. The summed E-state index contributed by atoms with van der Waals surface area (Å²) in [5, 5.41) is 7.58. The minimum Gasteiger partial charge on any atom is -0.369 e. The lowest BCUT2D eigenvalue weighted by molar-refractivity contribution is 0.745. The van der Waals surface area contributed by atoms with Crippen molar-refractivity contribution in [2.75, 3.05) is 17.2 Å². The largest absolute Gasteiger partial charge is 0.369 e. The van der Waals surface area contributed by atoms with E-state index in [0.29, 0.717) is 21.7 Å². The minimum absolute atomic E-state index is 0.159. The molecule has 3 nitrogen and oxygen atoms in total. The highest BCUT2D eigenvalue weighted by Crippen LogP contribution is 2.32. The molecule has 2 N–H and O–H groups in total. The lowest BCUT2D eigenvalue weighted by Crippen LogP contribution is -2.12. The van der Waals surface area contributed by atoms with Crippen LogP contribution < -0.4 is 10.6 Å². The molecule has 0 saturated carbocycles. The molecule has 0 bridgehead atoms. The number of pyridine rings is 1. The number of anilines is 2. The molecule has 0 saturated heterocycles. The van der Waals surface area contributed by atoms with Gasteiger partial charge in [0.25, 0.3) is 0 Å². The third-order valence-corrected chi connectivity index (χ3v) is 3.77. The van der Waals surface area contributed by atoms with Gasteiger partial charge in [0.1, 0.15) is 11.6 Å². The van der Waals surface area contributed by atoms with E-state index in [2.05, 4.69) is 34.7 Å². The van der Waals surface area contributed by atoms with Crippen molar-refractivity contribution in [3.63, 3.8) is 0 Å². The molecule has 0 spiro atoms. The number of rotatable bonds is 6. The van der Waals surface area contributed by atoms with E-state index < -0.39 is 0 Å². The van der Waals surface area contributed by atoms with Gasteiger partial charge in [-0.3, -0.25) is 0 Å². The average molecular weight is 324 g/mol. The van der Waals surface area contributed by atoms with Crippen LogP contribution in [0.3, 0.4) is 0 Å². The van der Waals surface area contributed by atoms with E-state index in [0.717, 1.165) is 13.0 Å². The smallest absolute Gasteiger partial charge is 0.147 e. The van der Waals surface area contributed by atoms with Crippen molar-refractivity contribution in [1.82, 2.24) is 4.98 Å². The van der Waals surface area contributed by atoms with Gasteiger partial charge in [-0.15, -0.1) is 0 Å². The predicted molar refractivity (Wildman–Crippen MR) is 91.5 cm³/mol. The van der Waals surface area contributed by atoms with Crippen LogP contribution in [0.1, 0.15) is 31.9 Å². The normalized spacial score (nSPS) is 12.0. The van der Waals surface area contributed by atoms with E-state index in [-0.39, 0.29) is 6.04 Å². The van der Waals surface area contributed by atoms with Gasteiger partial charge in [0.05, 0.1) is 16.1 Å². The molecule has 2 aromatic rings. The van der Waals surface area contributed by atoms with Crippen molar-refractivity contribution < 1.29 is 0 Å². The Balaban J connectivity index is 2.27. The number of aromatic nitrogens is 1. The summed E-state index contributed by atoms with van der Waals surface area (Å²) in [7, 11) is 0. The van der Waals surface area contributed by atoms with Crippen LogP contribution in [0.25, 0.3) is 0 Å². The summed E-state index contributed by atoms with van der Waals surface area (Å²) in [6, 6.07) is 12.1. The quantitative estimate of drug-likeness (QED) is 0.748. The number of nitrogens with zero attached hydrogens (tertiary/aromatic N) is 1. The van der Waals surface area contributed by atoms with Gasteiger partial charge in [-0.2, -0.15) is 0 Å². The first kappa shape index (κ1) is 15.9. The standard InChI is InChI=1S/C16H19Cl2N3/c1-3-14(11-8-6-5-7-9-11)20-16-13(18)10-12(17)15(21-16)19-4-2/h5-10,14H,3-4H2,1-2H3,(H2,19,20,21). The van der Waals surface area contributed by atoms with E-state index >= 15 is 0 Å². The van der Waals surface area contributed by atoms with Crippen LogP contribution in [-0.4, -0.2) is 11.5 Å². The van der Waals surface area contributed by atoms with Crippen LogP contribution in [0.5, 0.6) is 0 Å². The minimum atomic E-state index is 0.159. The van der Waals surface area contributed by atoms with E-state index in [1.807, 2.05) is 25.1 Å². The summed E-state index contributed by atoms with van der Waals surface area (Å²) in [5.74, 6) is 1.29. The summed E-state index contributed by atoms with van der Waals surface area (Å²) in [5.41, 5.74) is 1.21. The van der Waals surface area contributed by atoms with Crippen molar-refractivity contribution in [3.8, 4) is 0 Å². The number of hydrogen-bond acceptors (Lipinski definition) is 3.